The standard InChI is InChI=1S/C21H25N3O3/c1-14-5-7-19(8-6-14)27-13-21(26)24-23-17(4)12-20(25)22-18-10-15(2)9-16(3)11-18/h5-11H,12-13H2,1-4H3,(H,22,25)(H,24,26)/b23-17-. The van der Waals surface area contributed by atoms with Gasteiger partial charge in [-0.3, -0.25) is 9.59 Å². The van der Waals surface area contributed by atoms with Crippen LogP contribution in [0.1, 0.15) is 30.0 Å². The molecular formula is C21H25N3O3. The van der Waals surface area contributed by atoms with Crippen LogP contribution in [0.4, 0.5) is 5.69 Å². The van der Waals surface area contributed by atoms with Crippen molar-refractivity contribution < 1.29 is 14.3 Å². The van der Waals surface area contributed by atoms with Gasteiger partial charge in [0.15, 0.2) is 6.61 Å². The van der Waals surface area contributed by atoms with Gasteiger partial charge in [-0.2, -0.15) is 5.10 Å². The molecule has 6 nitrogen and oxygen atoms in total. The lowest BCUT2D eigenvalue weighted by molar-refractivity contribution is -0.123. The number of hydrazone groups is 1. The maximum atomic E-state index is 12.1. The molecule has 142 valence electrons. The van der Waals surface area contributed by atoms with Crippen LogP contribution in [0, 0.1) is 20.8 Å². The number of amides is 2. The molecule has 0 heterocycles. The van der Waals surface area contributed by atoms with E-state index in [1.54, 1.807) is 19.1 Å². The minimum atomic E-state index is -0.385. The monoisotopic (exact) mass is 367 g/mol. The van der Waals surface area contributed by atoms with E-state index in [1.807, 2.05) is 51.1 Å². The fourth-order valence-corrected chi connectivity index (χ4v) is 2.50. The molecular weight excluding hydrogens is 342 g/mol. The van der Waals surface area contributed by atoms with Gasteiger partial charge in [-0.05, 0) is 63.1 Å². The molecule has 2 aromatic carbocycles. The molecule has 2 N–H and O–H groups in total. The Bertz CT molecular complexity index is 822. The van der Waals surface area contributed by atoms with Crippen molar-refractivity contribution in [3.63, 3.8) is 0 Å². The SMILES string of the molecule is C/C(CC(=O)Nc1cc(C)cc(C)c1)=N/NC(=O)COc1ccc(C)cc1. The Morgan fingerprint density at radius 2 is 1.56 bits per heavy atom. The van der Waals surface area contributed by atoms with Crippen LogP contribution in [0.3, 0.4) is 0 Å². The zero-order valence-corrected chi connectivity index (χ0v) is 16.1. The van der Waals surface area contributed by atoms with Crippen molar-refractivity contribution in [3.05, 3.63) is 59.2 Å². The first-order chi connectivity index (χ1) is 12.8. The van der Waals surface area contributed by atoms with Crippen LogP contribution < -0.4 is 15.5 Å². The maximum absolute atomic E-state index is 12.1. The Morgan fingerprint density at radius 1 is 0.926 bits per heavy atom. The summed E-state index contributed by atoms with van der Waals surface area (Å²) in [4.78, 5) is 23.9. The van der Waals surface area contributed by atoms with Crippen molar-refractivity contribution in [1.82, 2.24) is 5.43 Å². The van der Waals surface area contributed by atoms with Crippen LogP contribution in [0.25, 0.3) is 0 Å². The third-order valence-electron chi connectivity index (χ3n) is 3.68. The van der Waals surface area contributed by atoms with Gasteiger partial charge in [-0.25, -0.2) is 5.43 Å². The van der Waals surface area contributed by atoms with Gasteiger partial charge in [0, 0.05) is 11.4 Å². The van der Waals surface area contributed by atoms with Crippen LogP contribution >= 0.6 is 0 Å². The molecule has 0 bridgehead atoms. The number of aryl methyl sites for hydroxylation is 3. The molecule has 0 saturated carbocycles. The summed E-state index contributed by atoms with van der Waals surface area (Å²) in [5, 5.41) is 6.78. The highest BCUT2D eigenvalue weighted by molar-refractivity contribution is 6.05. The first-order valence-corrected chi connectivity index (χ1v) is 8.71. The largest absolute Gasteiger partial charge is 0.484 e. The van der Waals surface area contributed by atoms with Crippen LogP contribution in [0.2, 0.25) is 0 Å². The number of benzene rings is 2. The Labute approximate surface area is 159 Å². The first-order valence-electron chi connectivity index (χ1n) is 8.71. The molecule has 27 heavy (non-hydrogen) atoms. The van der Waals surface area contributed by atoms with E-state index in [2.05, 4.69) is 15.8 Å². The molecule has 0 aliphatic heterocycles. The topological polar surface area (TPSA) is 79.8 Å². The summed E-state index contributed by atoms with van der Waals surface area (Å²) < 4.78 is 5.38. The Kier molecular flexibility index (Phi) is 7.11. The summed E-state index contributed by atoms with van der Waals surface area (Å²) in [5.41, 5.74) is 6.92. The van der Waals surface area contributed by atoms with Crippen molar-refractivity contribution >= 4 is 23.2 Å². The van der Waals surface area contributed by atoms with Gasteiger partial charge in [-0.15, -0.1) is 0 Å². The lowest BCUT2D eigenvalue weighted by Crippen LogP contribution is -2.26. The van der Waals surface area contributed by atoms with Gasteiger partial charge in [-0.1, -0.05) is 23.8 Å². The van der Waals surface area contributed by atoms with Crippen molar-refractivity contribution in [3.8, 4) is 5.75 Å². The summed E-state index contributed by atoms with van der Waals surface area (Å²) in [5.74, 6) is 0.0420. The molecule has 0 aliphatic rings. The maximum Gasteiger partial charge on any atom is 0.277 e. The van der Waals surface area contributed by atoms with Crippen molar-refractivity contribution in [2.45, 2.75) is 34.1 Å². The minimum absolute atomic E-state index is 0.0894. The van der Waals surface area contributed by atoms with E-state index in [4.69, 9.17) is 4.74 Å². The molecule has 6 heteroatoms. The fourth-order valence-electron chi connectivity index (χ4n) is 2.50. The summed E-state index contributed by atoms with van der Waals surface area (Å²) in [6.45, 7) is 7.47. The van der Waals surface area contributed by atoms with Gasteiger partial charge >= 0.3 is 0 Å². The number of rotatable bonds is 7. The summed E-state index contributed by atoms with van der Waals surface area (Å²) in [7, 11) is 0. The normalized spacial score (nSPS) is 11.0. The van der Waals surface area contributed by atoms with Gasteiger partial charge in [0.25, 0.3) is 5.91 Å². The third-order valence-corrected chi connectivity index (χ3v) is 3.68. The fraction of sp³-hybridized carbons (Fsp3) is 0.286. The van der Waals surface area contributed by atoms with E-state index < -0.39 is 0 Å². The van der Waals surface area contributed by atoms with E-state index in [-0.39, 0.29) is 24.8 Å². The number of hydrogen-bond donors (Lipinski definition) is 2. The minimum Gasteiger partial charge on any atom is -0.484 e. The molecule has 0 saturated heterocycles. The molecule has 0 spiro atoms. The quantitative estimate of drug-likeness (QED) is 0.580. The van der Waals surface area contributed by atoms with E-state index in [0.29, 0.717) is 11.5 Å². The highest BCUT2D eigenvalue weighted by Gasteiger charge is 2.07. The van der Waals surface area contributed by atoms with Gasteiger partial charge in [0.1, 0.15) is 5.75 Å². The van der Waals surface area contributed by atoms with Crippen LogP contribution in [0.15, 0.2) is 47.6 Å². The van der Waals surface area contributed by atoms with E-state index in [1.165, 1.54) is 0 Å². The molecule has 0 aromatic heterocycles. The molecule has 0 aliphatic carbocycles. The van der Waals surface area contributed by atoms with Crippen LogP contribution in [-0.2, 0) is 9.59 Å². The van der Waals surface area contributed by atoms with E-state index in [0.717, 1.165) is 22.4 Å². The highest BCUT2D eigenvalue weighted by atomic mass is 16.5. The van der Waals surface area contributed by atoms with Crippen LogP contribution in [0.5, 0.6) is 5.75 Å². The van der Waals surface area contributed by atoms with E-state index >= 15 is 0 Å². The van der Waals surface area contributed by atoms with Gasteiger partial charge in [0.05, 0.1) is 6.42 Å². The zero-order valence-electron chi connectivity index (χ0n) is 16.1. The first kappa shape index (κ1) is 20.2. The third kappa shape index (κ3) is 7.32. The highest BCUT2D eigenvalue weighted by Crippen LogP contribution is 2.14. The second-order valence-electron chi connectivity index (χ2n) is 6.59. The second-order valence-corrected chi connectivity index (χ2v) is 6.59. The van der Waals surface area contributed by atoms with Gasteiger partial charge in [0.2, 0.25) is 5.91 Å². The van der Waals surface area contributed by atoms with E-state index in [9.17, 15) is 9.59 Å². The molecule has 2 aromatic rings. The summed E-state index contributed by atoms with van der Waals surface area (Å²) >= 11 is 0. The van der Waals surface area contributed by atoms with Gasteiger partial charge < -0.3 is 10.1 Å². The molecule has 0 radical (unpaired) electrons. The number of ether oxygens (including phenoxy) is 1. The lowest BCUT2D eigenvalue weighted by atomic mass is 10.1. The molecule has 2 rings (SSSR count). The average molecular weight is 367 g/mol. The Hall–Kier alpha value is -3.15. The van der Waals surface area contributed by atoms with Crippen molar-refractivity contribution in [1.29, 1.82) is 0 Å². The van der Waals surface area contributed by atoms with Crippen molar-refractivity contribution in [2.75, 3.05) is 11.9 Å². The molecule has 0 atom stereocenters. The number of hydrogen-bond acceptors (Lipinski definition) is 4. The number of carbonyl (C=O) groups is 2. The average Bonchev–Trinajstić information content (AvgIpc) is 2.58. The predicted molar refractivity (Wildman–Crippen MR) is 107 cm³/mol. The van der Waals surface area contributed by atoms with Crippen LogP contribution in [-0.4, -0.2) is 24.1 Å². The summed E-state index contributed by atoms with van der Waals surface area (Å²) in [6.07, 6.45) is 0.0894. The lowest BCUT2D eigenvalue weighted by Gasteiger charge is -2.08. The molecule has 2 amide bonds. The second kappa shape index (κ2) is 9.52. The zero-order chi connectivity index (χ0) is 19.8. The number of carbonyl (C=O) groups excluding carboxylic acids is 2. The number of anilines is 1. The number of nitrogens with one attached hydrogen (secondary N) is 2. The number of nitrogens with zero attached hydrogens (tertiary/aromatic N) is 1. The predicted octanol–water partition coefficient (Wildman–Crippen LogP) is 3.51. The molecule has 0 unspecified atom stereocenters. The van der Waals surface area contributed by atoms with Crippen molar-refractivity contribution in [2.24, 2.45) is 5.10 Å². The smallest absolute Gasteiger partial charge is 0.277 e. The Morgan fingerprint density at radius 3 is 2.19 bits per heavy atom. The molecule has 0 fully saturated rings. The Balaban J connectivity index is 1.77. The summed E-state index contributed by atoms with van der Waals surface area (Å²) in [6, 6.07) is 13.3.